The predicted molar refractivity (Wildman–Crippen MR) is 214 cm³/mol. The molecule has 3 atom stereocenters. The lowest BCUT2D eigenvalue weighted by Gasteiger charge is -2.34. The summed E-state index contributed by atoms with van der Waals surface area (Å²) in [7, 11) is 0. The van der Waals surface area contributed by atoms with Gasteiger partial charge in [0.25, 0.3) is 0 Å². The van der Waals surface area contributed by atoms with E-state index >= 15 is 0 Å². The molecule has 248 valence electrons. The van der Waals surface area contributed by atoms with Crippen molar-refractivity contribution in [3.63, 3.8) is 0 Å². The topological polar surface area (TPSA) is 43.6 Å². The molecule has 4 heteroatoms. The molecule has 0 amide bonds. The van der Waals surface area contributed by atoms with Crippen molar-refractivity contribution in [3.8, 4) is 5.69 Å². The van der Waals surface area contributed by atoms with Crippen molar-refractivity contribution in [1.29, 1.82) is 0 Å². The Hall–Kier alpha value is -6.39. The molecule has 1 aliphatic rings. The third-order valence-electron chi connectivity index (χ3n) is 11.4. The average Bonchev–Trinajstić information content (AvgIpc) is 3.88. The second-order valence-electron chi connectivity index (χ2n) is 14.2. The quantitative estimate of drug-likeness (QED) is 0.187. The van der Waals surface area contributed by atoms with Crippen LogP contribution in [0.5, 0.6) is 0 Å². The molecule has 52 heavy (non-hydrogen) atoms. The van der Waals surface area contributed by atoms with Crippen molar-refractivity contribution in [2.75, 3.05) is 0 Å². The molecule has 0 bridgehead atoms. The summed E-state index contributed by atoms with van der Waals surface area (Å²) in [5, 5.41) is 6.82. The highest BCUT2D eigenvalue weighted by Gasteiger charge is 2.34. The van der Waals surface area contributed by atoms with E-state index in [1.807, 2.05) is 12.1 Å². The minimum Gasteiger partial charge on any atom is -0.456 e. The standard InChI is InChI=1S/C48H34N2O2/c1-29-39(30-13-4-2-5-14-30)28-40(31-15-6-3-7-16-31)49-46(29)38-19-12-22-43-45(38)37-24-23-32(27-44(37)51-43)50-41-20-10-8-17-33(41)35-25-26-36-34-18-9-11-21-42(34)52-48(36)47(35)50/h2-27,29,39-40H,28H2,1H3. The molecule has 3 aromatic heterocycles. The van der Waals surface area contributed by atoms with Gasteiger partial charge >= 0.3 is 0 Å². The number of rotatable bonds is 4. The molecule has 0 fully saturated rings. The second kappa shape index (κ2) is 11.3. The van der Waals surface area contributed by atoms with E-state index in [1.54, 1.807) is 0 Å². The number of fused-ring (bicyclic) bond motifs is 10. The Morgan fingerprint density at radius 2 is 1.25 bits per heavy atom. The molecule has 0 N–H and O–H groups in total. The fourth-order valence-electron chi connectivity index (χ4n) is 8.97. The number of hydrogen-bond donors (Lipinski definition) is 0. The van der Waals surface area contributed by atoms with Crippen LogP contribution in [0.4, 0.5) is 0 Å². The van der Waals surface area contributed by atoms with Gasteiger partial charge in [-0.25, -0.2) is 0 Å². The van der Waals surface area contributed by atoms with Crippen LogP contribution in [0.3, 0.4) is 0 Å². The van der Waals surface area contributed by atoms with Crippen LogP contribution in [0.1, 0.15) is 42.0 Å². The monoisotopic (exact) mass is 670 g/mol. The molecule has 10 aromatic rings. The number of aromatic nitrogens is 1. The predicted octanol–water partition coefficient (Wildman–Crippen LogP) is 12.9. The Balaban J connectivity index is 1.12. The zero-order valence-corrected chi connectivity index (χ0v) is 28.7. The summed E-state index contributed by atoms with van der Waals surface area (Å²) in [4.78, 5) is 5.55. The summed E-state index contributed by atoms with van der Waals surface area (Å²) in [6, 6.07) is 56.2. The summed E-state index contributed by atoms with van der Waals surface area (Å²) in [5.41, 5.74) is 11.7. The molecular weight excluding hydrogens is 637 g/mol. The summed E-state index contributed by atoms with van der Waals surface area (Å²) in [6.45, 7) is 2.35. The summed E-state index contributed by atoms with van der Waals surface area (Å²) in [5.74, 6) is 0.560. The first-order chi connectivity index (χ1) is 25.7. The maximum atomic E-state index is 6.75. The molecule has 4 nitrogen and oxygen atoms in total. The van der Waals surface area contributed by atoms with E-state index in [-0.39, 0.29) is 12.0 Å². The fourth-order valence-corrected chi connectivity index (χ4v) is 8.97. The molecule has 0 saturated heterocycles. The second-order valence-corrected chi connectivity index (χ2v) is 14.2. The normalized spacial score (nSPS) is 17.9. The van der Waals surface area contributed by atoms with E-state index in [0.29, 0.717) is 5.92 Å². The first-order valence-corrected chi connectivity index (χ1v) is 18.2. The van der Waals surface area contributed by atoms with Gasteiger partial charge in [-0.3, -0.25) is 4.99 Å². The lowest BCUT2D eigenvalue weighted by atomic mass is 9.74. The van der Waals surface area contributed by atoms with Crippen molar-refractivity contribution in [3.05, 3.63) is 174 Å². The smallest absolute Gasteiger partial charge is 0.160 e. The number of furan rings is 2. The van der Waals surface area contributed by atoms with Gasteiger partial charge in [0.2, 0.25) is 0 Å². The van der Waals surface area contributed by atoms with Crippen molar-refractivity contribution >= 4 is 71.4 Å². The van der Waals surface area contributed by atoms with Crippen LogP contribution in [0.25, 0.3) is 71.4 Å². The van der Waals surface area contributed by atoms with Gasteiger partial charge in [0, 0.05) is 55.6 Å². The first kappa shape index (κ1) is 29.4. The Morgan fingerprint density at radius 1 is 0.558 bits per heavy atom. The molecule has 1 aliphatic heterocycles. The Bertz CT molecular complexity index is 3020. The Labute approximate surface area is 300 Å². The molecule has 11 rings (SSSR count). The molecule has 0 radical (unpaired) electrons. The van der Waals surface area contributed by atoms with Crippen LogP contribution < -0.4 is 0 Å². The number of nitrogens with zero attached hydrogens (tertiary/aromatic N) is 2. The minimum absolute atomic E-state index is 0.0722. The highest BCUT2D eigenvalue weighted by Crippen LogP contribution is 2.45. The highest BCUT2D eigenvalue weighted by molar-refractivity contribution is 6.22. The zero-order valence-electron chi connectivity index (χ0n) is 28.7. The van der Waals surface area contributed by atoms with E-state index < -0.39 is 0 Å². The van der Waals surface area contributed by atoms with Gasteiger partial charge in [-0.15, -0.1) is 0 Å². The van der Waals surface area contributed by atoms with Gasteiger partial charge < -0.3 is 13.4 Å². The SMILES string of the molecule is CC1C(c2cccc3oc4cc(-n5c6ccccc6c6ccc7c8ccccc8oc7c65)ccc4c23)=NC(c2ccccc2)CC1c1ccccc1. The summed E-state index contributed by atoms with van der Waals surface area (Å²) >= 11 is 0. The van der Waals surface area contributed by atoms with Crippen molar-refractivity contribution in [2.24, 2.45) is 10.9 Å². The van der Waals surface area contributed by atoms with Crippen molar-refractivity contribution < 1.29 is 8.83 Å². The van der Waals surface area contributed by atoms with Crippen molar-refractivity contribution in [2.45, 2.75) is 25.3 Å². The molecule has 3 unspecified atom stereocenters. The Kier molecular flexibility index (Phi) is 6.38. The molecule has 0 aliphatic carbocycles. The van der Waals surface area contributed by atoms with E-state index in [1.165, 1.54) is 21.9 Å². The summed E-state index contributed by atoms with van der Waals surface area (Å²) in [6.07, 6.45) is 0.974. The molecule has 4 heterocycles. The first-order valence-electron chi connectivity index (χ1n) is 18.2. The molecular formula is C48H34N2O2. The number of benzene rings is 7. The third kappa shape index (κ3) is 4.31. The van der Waals surface area contributed by atoms with E-state index in [2.05, 4.69) is 157 Å². The highest BCUT2D eigenvalue weighted by atomic mass is 16.3. The lowest BCUT2D eigenvalue weighted by molar-refractivity contribution is 0.452. The van der Waals surface area contributed by atoms with Gasteiger partial charge in [-0.2, -0.15) is 0 Å². The van der Waals surface area contributed by atoms with Crippen LogP contribution in [0, 0.1) is 5.92 Å². The van der Waals surface area contributed by atoms with Crippen LogP contribution in [-0.4, -0.2) is 10.3 Å². The lowest BCUT2D eigenvalue weighted by Crippen LogP contribution is -2.27. The van der Waals surface area contributed by atoms with Crippen LogP contribution in [0.2, 0.25) is 0 Å². The molecule has 0 saturated carbocycles. The van der Waals surface area contributed by atoms with Gasteiger partial charge in [-0.05, 0) is 59.9 Å². The van der Waals surface area contributed by atoms with Gasteiger partial charge in [0.15, 0.2) is 5.58 Å². The fraction of sp³-hybridized carbons (Fsp3) is 0.104. The van der Waals surface area contributed by atoms with E-state index in [0.717, 1.165) is 78.3 Å². The molecule has 7 aromatic carbocycles. The number of aliphatic imine (C=N–C) groups is 1. The average molecular weight is 671 g/mol. The van der Waals surface area contributed by atoms with Crippen molar-refractivity contribution in [1.82, 2.24) is 4.57 Å². The van der Waals surface area contributed by atoms with E-state index in [4.69, 9.17) is 13.8 Å². The Morgan fingerprint density at radius 3 is 2.10 bits per heavy atom. The van der Waals surface area contributed by atoms with Crippen LogP contribution >= 0.6 is 0 Å². The summed E-state index contributed by atoms with van der Waals surface area (Å²) < 4.78 is 15.7. The van der Waals surface area contributed by atoms with Gasteiger partial charge in [0.1, 0.15) is 16.7 Å². The number of hydrogen-bond acceptors (Lipinski definition) is 3. The van der Waals surface area contributed by atoms with Gasteiger partial charge in [0.05, 0.1) is 22.8 Å². The molecule has 0 spiro atoms. The van der Waals surface area contributed by atoms with Crippen LogP contribution in [0.15, 0.2) is 172 Å². The third-order valence-corrected chi connectivity index (χ3v) is 11.4. The number of para-hydroxylation sites is 2. The van der Waals surface area contributed by atoms with E-state index in [9.17, 15) is 0 Å². The largest absolute Gasteiger partial charge is 0.456 e. The maximum Gasteiger partial charge on any atom is 0.160 e. The zero-order chi connectivity index (χ0) is 34.3. The van der Waals surface area contributed by atoms with Crippen LogP contribution in [-0.2, 0) is 0 Å². The van der Waals surface area contributed by atoms with Gasteiger partial charge in [-0.1, -0.05) is 122 Å². The maximum absolute atomic E-state index is 6.75. The minimum atomic E-state index is 0.0722.